The molecule has 0 atom stereocenters. The van der Waals surface area contributed by atoms with E-state index in [0.717, 1.165) is 33.6 Å². The van der Waals surface area contributed by atoms with E-state index in [4.69, 9.17) is 0 Å². The van der Waals surface area contributed by atoms with Crippen LogP contribution >= 0.6 is 0 Å². The lowest BCUT2D eigenvalue weighted by molar-refractivity contribution is -0.120. The molecule has 0 unspecified atom stereocenters. The Balaban J connectivity index is 1.46. The van der Waals surface area contributed by atoms with Gasteiger partial charge in [0.1, 0.15) is 0 Å². The number of carbonyl (C=O) groups excluding carboxylic acids is 2. The molecule has 34 heavy (non-hydrogen) atoms. The summed E-state index contributed by atoms with van der Waals surface area (Å²) >= 11 is 0. The molecule has 0 spiro atoms. The summed E-state index contributed by atoms with van der Waals surface area (Å²) in [5.41, 5.74) is 10.4. The van der Waals surface area contributed by atoms with E-state index < -0.39 is 0 Å². The number of hydrogen-bond acceptors (Lipinski definition) is 6. The van der Waals surface area contributed by atoms with Gasteiger partial charge in [0.15, 0.2) is 0 Å². The molecule has 0 heterocycles. The molecular formula is C26H28N6O2. The summed E-state index contributed by atoms with van der Waals surface area (Å²) in [6.45, 7) is 4.19. The van der Waals surface area contributed by atoms with Crippen molar-refractivity contribution in [2.45, 2.75) is 13.8 Å². The zero-order valence-electron chi connectivity index (χ0n) is 19.2. The van der Waals surface area contributed by atoms with Crippen molar-refractivity contribution < 1.29 is 9.59 Å². The highest BCUT2D eigenvalue weighted by Crippen LogP contribution is 2.09. The summed E-state index contributed by atoms with van der Waals surface area (Å²) in [6, 6.07) is 22.9. The summed E-state index contributed by atoms with van der Waals surface area (Å²) < 4.78 is 0. The monoisotopic (exact) mass is 456 g/mol. The zero-order valence-corrected chi connectivity index (χ0v) is 19.2. The van der Waals surface area contributed by atoms with Crippen LogP contribution in [0.2, 0.25) is 0 Å². The topological polar surface area (TPSA) is 107 Å². The Kier molecular flexibility index (Phi) is 8.92. The maximum Gasteiger partial charge on any atom is 0.259 e. The van der Waals surface area contributed by atoms with Crippen LogP contribution in [0.4, 0.5) is 11.4 Å². The third kappa shape index (κ3) is 8.23. The summed E-state index contributed by atoms with van der Waals surface area (Å²) in [6.07, 6.45) is 3.07. The van der Waals surface area contributed by atoms with E-state index in [-0.39, 0.29) is 24.9 Å². The van der Waals surface area contributed by atoms with Crippen molar-refractivity contribution in [2.75, 3.05) is 23.7 Å². The Bertz CT molecular complexity index is 1100. The first-order valence-corrected chi connectivity index (χ1v) is 10.8. The average molecular weight is 457 g/mol. The number of anilines is 2. The van der Waals surface area contributed by atoms with E-state index in [0.29, 0.717) is 0 Å². The lowest BCUT2D eigenvalue weighted by atomic mass is 10.1. The number of hydrogen-bond donors (Lipinski definition) is 4. The molecule has 0 aliphatic heterocycles. The maximum absolute atomic E-state index is 12.0. The Hall–Kier alpha value is -4.46. The minimum Gasteiger partial charge on any atom is -0.376 e. The fourth-order valence-electron chi connectivity index (χ4n) is 3.05. The van der Waals surface area contributed by atoms with Gasteiger partial charge in [-0.15, -0.1) is 0 Å². The van der Waals surface area contributed by atoms with Crippen LogP contribution in [-0.4, -0.2) is 37.3 Å². The van der Waals surface area contributed by atoms with Crippen LogP contribution in [0.1, 0.15) is 22.3 Å². The highest BCUT2D eigenvalue weighted by molar-refractivity contribution is 5.95. The molecule has 8 nitrogen and oxygen atoms in total. The normalized spacial score (nSPS) is 10.9. The Morgan fingerprint density at radius 3 is 1.53 bits per heavy atom. The van der Waals surface area contributed by atoms with Crippen molar-refractivity contribution >= 4 is 35.6 Å². The number of nitrogens with one attached hydrogen (secondary N) is 4. The van der Waals surface area contributed by atoms with Crippen LogP contribution in [0.25, 0.3) is 0 Å². The van der Waals surface area contributed by atoms with Crippen LogP contribution in [-0.2, 0) is 9.59 Å². The molecule has 3 rings (SSSR count). The first kappa shape index (κ1) is 24.2. The molecule has 3 aromatic carbocycles. The van der Waals surface area contributed by atoms with Gasteiger partial charge in [-0.1, -0.05) is 48.5 Å². The highest BCUT2D eigenvalue weighted by atomic mass is 16.2. The molecule has 0 saturated heterocycles. The van der Waals surface area contributed by atoms with Gasteiger partial charge in [0.05, 0.1) is 25.5 Å². The highest BCUT2D eigenvalue weighted by Gasteiger charge is 2.02. The first-order chi connectivity index (χ1) is 16.5. The summed E-state index contributed by atoms with van der Waals surface area (Å²) in [7, 11) is 0. The van der Waals surface area contributed by atoms with Crippen LogP contribution in [0.5, 0.6) is 0 Å². The lowest BCUT2D eigenvalue weighted by Gasteiger charge is -2.06. The minimum absolute atomic E-state index is 0.104. The molecule has 3 aromatic rings. The quantitative estimate of drug-likeness (QED) is 0.277. The van der Waals surface area contributed by atoms with Crippen LogP contribution in [0.3, 0.4) is 0 Å². The van der Waals surface area contributed by atoms with Gasteiger partial charge in [-0.05, 0) is 49.2 Å². The number of rotatable bonds is 10. The van der Waals surface area contributed by atoms with Crippen LogP contribution < -0.4 is 21.5 Å². The van der Waals surface area contributed by atoms with E-state index in [2.05, 4.69) is 31.7 Å². The van der Waals surface area contributed by atoms with Gasteiger partial charge >= 0.3 is 0 Å². The number of nitrogens with zero attached hydrogens (tertiary/aromatic N) is 2. The van der Waals surface area contributed by atoms with Gasteiger partial charge < -0.3 is 10.6 Å². The molecule has 4 N–H and O–H groups in total. The number of aryl methyl sites for hydroxylation is 2. The third-order valence-electron chi connectivity index (χ3n) is 4.72. The number of amides is 2. The van der Waals surface area contributed by atoms with Gasteiger partial charge in [-0.25, -0.2) is 10.9 Å². The lowest BCUT2D eigenvalue weighted by Crippen LogP contribution is -2.26. The summed E-state index contributed by atoms with van der Waals surface area (Å²) in [5.74, 6) is -0.533. The smallest absolute Gasteiger partial charge is 0.259 e. The van der Waals surface area contributed by atoms with E-state index in [1.54, 1.807) is 0 Å². The molecule has 0 aromatic heterocycles. The predicted molar refractivity (Wildman–Crippen MR) is 137 cm³/mol. The molecule has 0 radical (unpaired) electrons. The maximum atomic E-state index is 12.0. The Morgan fingerprint density at radius 1 is 0.676 bits per heavy atom. The van der Waals surface area contributed by atoms with Gasteiger partial charge in [-0.2, -0.15) is 10.2 Å². The minimum atomic E-state index is -0.266. The van der Waals surface area contributed by atoms with Gasteiger partial charge in [0.25, 0.3) is 11.8 Å². The van der Waals surface area contributed by atoms with Crippen molar-refractivity contribution in [3.63, 3.8) is 0 Å². The van der Waals surface area contributed by atoms with Crippen molar-refractivity contribution in [2.24, 2.45) is 10.2 Å². The third-order valence-corrected chi connectivity index (χ3v) is 4.72. The second-order valence-electron chi connectivity index (χ2n) is 7.66. The standard InChI is InChI=1S/C26H28N6O2/c1-19-7-5-11-23(13-19)27-17-25(33)31-29-15-21-9-3-4-10-22(21)16-30-32-26(34)18-28-24-12-6-8-20(2)14-24/h3-16,27-28H,17-18H2,1-2H3,(H,31,33)(H,32,34)/b29-15+,30-16+. The Labute approximate surface area is 199 Å². The van der Waals surface area contributed by atoms with Gasteiger partial charge in [0.2, 0.25) is 0 Å². The average Bonchev–Trinajstić information content (AvgIpc) is 2.82. The molecule has 2 amide bonds. The molecule has 0 aliphatic carbocycles. The van der Waals surface area contributed by atoms with Gasteiger partial charge in [-0.3, -0.25) is 9.59 Å². The van der Waals surface area contributed by atoms with Crippen molar-refractivity contribution in [3.05, 3.63) is 95.1 Å². The van der Waals surface area contributed by atoms with Crippen molar-refractivity contribution in [1.29, 1.82) is 0 Å². The van der Waals surface area contributed by atoms with E-state index in [9.17, 15) is 9.59 Å². The van der Waals surface area contributed by atoms with Crippen LogP contribution in [0, 0.1) is 13.8 Å². The molecule has 0 saturated carbocycles. The second kappa shape index (κ2) is 12.5. The number of carbonyl (C=O) groups is 2. The summed E-state index contributed by atoms with van der Waals surface area (Å²) in [4.78, 5) is 24.1. The van der Waals surface area contributed by atoms with Crippen LogP contribution in [0.15, 0.2) is 83.0 Å². The first-order valence-electron chi connectivity index (χ1n) is 10.8. The largest absolute Gasteiger partial charge is 0.376 e. The van der Waals surface area contributed by atoms with E-state index in [1.165, 1.54) is 12.4 Å². The molecule has 0 fully saturated rings. The zero-order chi connectivity index (χ0) is 24.2. The van der Waals surface area contributed by atoms with Crippen molar-refractivity contribution in [1.82, 2.24) is 10.9 Å². The fraction of sp³-hybridized carbons (Fsp3) is 0.154. The second-order valence-corrected chi connectivity index (χ2v) is 7.66. The SMILES string of the molecule is Cc1cccc(NCC(=O)N/N=C/c2ccccc2/C=N/NC(=O)CNc2cccc(C)c2)c1. The molecule has 0 aliphatic rings. The molecule has 174 valence electrons. The fourth-order valence-corrected chi connectivity index (χ4v) is 3.05. The van der Waals surface area contributed by atoms with Crippen molar-refractivity contribution in [3.8, 4) is 0 Å². The van der Waals surface area contributed by atoms with E-state index in [1.807, 2.05) is 86.6 Å². The molecule has 0 bridgehead atoms. The number of benzene rings is 3. The molecular weight excluding hydrogens is 428 g/mol. The van der Waals surface area contributed by atoms with Gasteiger partial charge in [0, 0.05) is 22.5 Å². The molecule has 8 heteroatoms. The number of hydrazone groups is 2. The summed E-state index contributed by atoms with van der Waals surface area (Å²) in [5, 5.41) is 14.2. The predicted octanol–water partition coefficient (Wildman–Crippen LogP) is 3.43. The Morgan fingerprint density at radius 2 is 1.12 bits per heavy atom. The van der Waals surface area contributed by atoms with E-state index >= 15 is 0 Å².